The van der Waals surface area contributed by atoms with Crippen LogP contribution in [0.5, 0.6) is 0 Å². The van der Waals surface area contributed by atoms with Crippen molar-refractivity contribution < 1.29 is 0 Å². The zero-order valence-corrected chi connectivity index (χ0v) is 22.2. The van der Waals surface area contributed by atoms with Gasteiger partial charge in [0.25, 0.3) is 0 Å². The standard InChI is InChI=1S/C28H57Br/c1-3-5-7-9-11-13-14-15-16-17-19-21-23-25-27-28(29)26-24-22-20-18-12-10-8-6-4-2/h28H,3-27H2,1-2H3. The molecule has 0 aromatic heterocycles. The summed E-state index contributed by atoms with van der Waals surface area (Å²) in [5.41, 5.74) is 0. The van der Waals surface area contributed by atoms with Crippen LogP contribution in [0.2, 0.25) is 0 Å². The Morgan fingerprint density at radius 2 is 0.552 bits per heavy atom. The molecule has 0 amide bonds. The molecule has 0 aromatic carbocycles. The van der Waals surface area contributed by atoms with Crippen LogP contribution >= 0.6 is 15.9 Å². The van der Waals surface area contributed by atoms with E-state index >= 15 is 0 Å². The zero-order chi connectivity index (χ0) is 21.3. The Hall–Kier alpha value is 0.480. The summed E-state index contributed by atoms with van der Waals surface area (Å²) in [6.45, 7) is 4.60. The van der Waals surface area contributed by atoms with E-state index in [9.17, 15) is 0 Å². The molecule has 0 saturated carbocycles. The molecule has 0 aliphatic rings. The van der Waals surface area contributed by atoms with Gasteiger partial charge in [0.05, 0.1) is 0 Å². The molecule has 1 heteroatoms. The van der Waals surface area contributed by atoms with E-state index < -0.39 is 0 Å². The lowest BCUT2D eigenvalue weighted by Crippen LogP contribution is -1.97. The summed E-state index contributed by atoms with van der Waals surface area (Å²) in [5, 5.41) is 0. The molecule has 0 bridgehead atoms. The van der Waals surface area contributed by atoms with Crippen molar-refractivity contribution in [3.05, 3.63) is 0 Å². The highest BCUT2D eigenvalue weighted by molar-refractivity contribution is 9.09. The Kier molecular flexibility index (Phi) is 27.0. The predicted octanol–water partition coefficient (Wildman–Crippen LogP) is 11.5. The molecule has 0 rings (SSSR count). The second-order valence-corrected chi connectivity index (χ2v) is 10.9. The Morgan fingerprint density at radius 1 is 0.345 bits per heavy atom. The van der Waals surface area contributed by atoms with Gasteiger partial charge < -0.3 is 0 Å². The maximum Gasteiger partial charge on any atom is 0.0145 e. The summed E-state index contributed by atoms with van der Waals surface area (Å²) >= 11 is 3.93. The first kappa shape index (κ1) is 29.5. The minimum atomic E-state index is 0.782. The van der Waals surface area contributed by atoms with E-state index in [-0.39, 0.29) is 0 Å². The Bertz CT molecular complexity index is 275. The lowest BCUT2D eigenvalue weighted by molar-refractivity contribution is 0.521. The van der Waals surface area contributed by atoms with Crippen LogP contribution in [0.1, 0.15) is 174 Å². The SMILES string of the molecule is CCCCCCCCCCCCCCCCC(Br)CCCCCCCCCCC. The summed E-state index contributed by atoms with van der Waals surface area (Å²) in [4.78, 5) is 0.782. The molecular formula is C28H57Br. The number of hydrogen-bond acceptors (Lipinski definition) is 0. The molecule has 1 unspecified atom stereocenters. The maximum atomic E-state index is 3.93. The molecule has 0 aliphatic heterocycles. The second-order valence-electron chi connectivity index (χ2n) is 9.60. The fraction of sp³-hybridized carbons (Fsp3) is 1.00. The average molecular weight is 474 g/mol. The normalized spacial score (nSPS) is 12.5. The summed E-state index contributed by atoms with van der Waals surface area (Å²) in [6, 6.07) is 0. The molecule has 0 spiro atoms. The predicted molar refractivity (Wildman–Crippen MR) is 139 cm³/mol. The van der Waals surface area contributed by atoms with E-state index in [1.807, 2.05) is 0 Å². The third-order valence-corrected chi connectivity index (χ3v) is 7.41. The van der Waals surface area contributed by atoms with Gasteiger partial charge in [-0.15, -0.1) is 0 Å². The van der Waals surface area contributed by atoms with Gasteiger partial charge in [0.1, 0.15) is 0 Å². The summed E-state index contributed by atoms with van der Waals surface area (Å²) in [7, 11) is 0. The minimum Gasteiger partial charge on any atom is -0.0891 e. The van der Waals surface area contributed by atoms with Crippen LogP contribution in [-0.2, 0) is 0 Å². The monoisotopic (exact) mass is 472 g/mol. The maximum absolute atomic E-state index is 3.93. The first-order chi connectivity index (χ1) is 14.3. The van der Waals surface area contributed by atoms with Crippen LogP contribution in [0.4, 0.5) is 0 Å². The number of alkyl halides is 1. The number of rotatable bonds is 25. The highest BCUT2D eigenvalue weighted by Gasteiger charge is 2.04. The van der Waals surface area contributed by atoms with Crippen molar-refractivity contribution in [3.8, 4) is 0 Å². The highest BCUT2D eigenvalue weighted by atomic mass is 79.9. The van der Waals surface area contributed by atoms with Crippen LogP contribution < -0.4 is 0 Å². The van der Waals surface area contributed by atoms with E-state index in [4.69, 9.17) is 0 Å². The molecule has 1 atom stereocenters. The number of halogens is 1. The van der Waals surface area contributed by atoms with E-state index in [0.717, 1.165) is 4.83 Å². The fourth-order valence-corrected chi connectivity index (χ4v) is 5.03. The van der Waals surface area contributed by atoms with Crippen LogP contribution in [0, 0.1) is 0 Å². The van der Waals surface area contributed by atoms with Gasteiger partial charge in [-0.05, 0) is 12.8 Å². The van der Waals surface area contributed by atoms with Gasteiger partial charge in [0.15, 0.2) is 0 Å². The number of unbranched alkanes of at least 4 members (excludes halogenated alkanes) is 21. The van der Waals surface area contributed by atoms with Crippen molar-refractivity contribution in [1.29, 1.82) is 0 Å². The molecule has 0 nitrogen and oxygen atoms in total. The Balaban J connectivity index is 3.12. The van der Waals surface area contributed by atoms with Crippen molar-refractivity contribution >= 4 is 15.9 Å². The first-order valence-electron chi connectivity index (χ1n) is 13.9. The van der Waals surface area contributed by atoms with Gasteiger partial charge >= 0.3 is 0 Å². The quantitative estimate of drug-likeness (QED) is 0.0913. The minimum absolute atomic E-state index is 0.782. The third-order valence-electron chi connectivity index (χ3n) is 6.49. The summed E-state index contributed by atoms with van der Waals surface area (Å²) in [6.07, 6.45) is 36.3. The van der Waals surface area contributed by atoms with Gasteiger partial charge in [0, 0.05) is 4.83 Å². The van der Waals surface area contributed by atoms with Gasteiger partial charge in [-0.1, -0.05) is 177 Å². The molecule has 29 heavy (non-hydrogen) atoms. The van der Waals surface area contributed by atoms with E-state index in [1.165, 1.54) is 161 Å². The lowest BCUT2D eigenvalue weighted by Gasteiger charge is -2.09. The highest BCUT2D eigenvalue weighted by Crippen LogP contribution is 2.20. The second kappa shape index (κ2) is 26.5. The van der Waals surface area contributed by atoms with Crippen molar-refractivity contribution in [2.75, 3.05) is 0 Å². The molecule has 0 heterocycles. The molecule has 0 aromatic rings. The third kappa shape index (κ3) is 26.4. The van der Waals surface area contributed by atoms with Crippen molar-refractivity contribution in [3.63, 3.8) is 0 Å². The van der Waals surface area contributed by atoms with E-state index in [0.29, 0.717) is 0 Å². The number of hydrogen-bond donors (Lipinski definition) is 0. The van der Waals surface area contributed by atoms with Crippen molar-refractivity contribution in [2.45, 2.75) is 179 Å². The fourth-order valence-electron chi connectivity index (χ4n) is 4.38. The van der Waals surface area contributed by atoms with Crippen LogP contribution in [0.15, 0.2) is 0 Å². The summed E-state index contributed by atoms with van der Waals surface area (Å²) < 4.78 is 0. The molecule has 176 valence electrons. The molecule has 0 aliphatic carbocycles. The first-order valence-corrected chi connectivity index (χ1v) is 14.9. The Morgan fingerprint density at radius 3 is 0.793 bits per heavy atom. The van der Waals surface area contributed by atoms with Gasteiger partial charge in [0.2, 0.25) is 0 Å². The smallest absolute Gasteiger partial charge is 0.0145 e. The van der Waals surface area contributed by atoms with Gasteiger partial charge in [-0.3, -0.25) is 0 Å². The average Bonchev–Trinajstić information content (AvgIpc) is 2.72. The largest absolute Gasteiger partial charge is 0.0891 e. The van der Waals surface area contributed by atoms with Crippen LogP contribution in [-0.4, -0.2) is 4.83 Å². The molecule has 0 fully saturated rings. The van der Waals surface area contributed by atoms with Gasteiger partial charge in [-0.2, -0.15) is 0 Å². The lowest BCUT2D eigenvalue weighted by atomic mass is 10.0. The van der Waals surface area contributed by atoms with Crippen LogP contribution in [0.25, 0.3) is 0 Å². The Labute approximate surface area is 194 Å². The topological polar surface area (TPSA) is 0 Å². The molecule has 0 saturated heterocycles. The van der Waals surface area contributed by atoms with Gasteiger partial charge in [-0.25, -0.2) is 0 Å². The molecule has 0 radical (unpaired) electrons. The van der Waals surface area contributed by atoms with Crippen molar-refractivity contribution in [1.82, 2.24) is 0 Å². The van der Waals surface area contributed by atoms with Crippen molar-refractivity contribution in [2.24, 2.45) is 0 Å². The zero-order valence-electron chi connectivity index (χ0n) is 20.6. The molecular weight excluding hydrogens is 416 g/mol. The molecule has 0 N–H and O–H groups in total. The van der Waals surface area contributed by atoms with E-state index in [2.05, 4.69) is 29.8 Å². The van der Waals surface area contributed by atoms with E-state index in [1.54, 1.807) is 0 Å². The summed E-state index contributed by atoms with van der Waals surface area (Å²) in [5.74, 6) is 0. The van der Waals surface area contributed by atoms with Crippen LogP contribution in [0.3, 0.4) is 0 Å².